The minimum atomic E-state index is 0.134. The molecule has 2 aromatic rings. The first-order chi connectivity index (χ1) is 9.68. The Hall–Kier alpha value is -0.561. The van der Waals surface area contributed by atoms with Gasteiger partial charge in [-0.3, -0.25) is 0 Å². The van der Waals surface area contributed by atoms with Crippen LogP contribution >= 0.6 is 15.9 Å². The van der Waals surface area contributed by atoms with Gasteiger partial charge in [0.15, 0.2) is 0 Å². The van der Waals surface area contributed by atoms with E-state index in [1.165, 1.54) is 0 Å². The van der Waals surface area contributed by atoms with Crippen molar-refractivity contribution in [2.45, 2.75) is 0 Å². The second-order valence-electron chi connectivity index (χ2n) is 4.59. The predicted octanol–water partition coefficient (Wildman–Crippen LogP) is -5.53. The number of halogens is 1. The molecule has 0 fully saturated rings. The average Bonchev–Trinajstić information content (AvgIpc) is 2.46. The molecule has 2 rings (SSSR count). The van der Waals surface area contributed by atoms with E-state index in [4.69, 9.17) is 62.8 Å². The van der Waals surface area contributed by atoms with Crippen molar-refractivity contribution in [2.24, 2.45) is 0 Å². The zero-order valence-corrected chi connectivity index (χ0v) is 12.7. The van der Waals surface area contributed by atoms with Crippen LogP contribution in [0.25, 0.3) is 11.1 Å². The molecule has 0 saturated heterocycles. The largest absolute Gasteiger partial charge is 0.114 e. The van der Waals surface area contributed by atoms with Crippen molar-refractivity contribution in [2.75, 3.05) is 0 Å². The van der Waals surface area contributed by atoms with E-state index in [1.54, 1.807) is 6.07 Å². The summed E-state index contributed by atoms with van der Waals surface area (Å²) in [6.07, 6.45) is 0. The molecule has 0 aliphatic rings. The van der Waals surface area contributed by atoms with Gasteiger partial charge >= 0.3 is 0 Å². The van der Waals surface area contributed by atoms with E-state index in [0.29, 0.717) is 21.1 Å². The lowest BCUT2D eigenvalue weighted by atomic mass is 9.58. The van der Waals surface area contributed by atoms with Crippen LogP contribution in [-0.2, 0) is 0 Å². The zero-order valence-electron chi connectivity index (χ0n) is 11.1. The van der Waals surface area contributed by atoms with Gasteiger partial charge in [0.1, 0.15) is 62.8 Å². The molecule has 0 amide bonds. The number of rotatable bonds is 1. The molecule has 0 atom stereocenters. The van der Waals surface area contributed by atoms with E-state index in [-0.39, 0.29) is 38.2 Å². The van der Waals surface area contributed by atoms with Crippen LogP contribution in [0.3, 0.4) is 0 Å². The van der Waals surface area contributed by atoms with Crippen LogP contribution in [0.1, 0.15) is 0 Å². The number of hydrogen-bond donors (Lipinski definition) is 0. The quantitative estimate of drug-likeness (QED) is 0.461. The molecule has 0 aromatic heterocycles. The van der Waals surface area contributed by atoms with Crippen LogP contribution in [-0.4, -0.2) is 62.8 Å². The Morgan fingerprint density at radius 3 is 1.38 bits per heavy atom. The molecule has 0 heterocycles. The van der Waals surface area contributed by atoms with E-state index in [1.807, 2.05) is 0 Å². The van der Waals surface area contributed by atoms with Gasteiger partial charge in [-0.15, -0.1) is 21.9 Å². The van der Waals surface area contributed by atoms with Crippen LogP contribution in [0.2, 0.25) is 0 Å². The van der Waals surface area contributed by atoms with Crippen molar-refractivity contribution < 1.29 is 0 Å². The molecule has 16 radical (unpaired) electrons. The van der Waals surface area contributed by atoms with Crippen molar-refractivity contribution in [1.82, 2.24) is 0 Å². The fourth-order valence-electron chi connectivity index (χ4n) is 2.05. The van der Waals surface area contributed by atoms with E-state index >= 15 is 0 Å². The van der Waals surface area contributed by atoms with Crippen LogP contribution in [0, 0.1) is 0 Å². The molecule has 0 saturated carbocycles. The summed E-state index contributed by atoms with van der Waals surface area (Å²) in [5.74, 6) is 0. The Labute approximate surface area is 144 Å². The van der Waals surface area contributed by atoms with E-state index in [9.17, 15) is 0 Å². The van der Waals surface area contributed by atoms with Gasteiger partial charge in [0.2, 0.25) is 0 Å². The molecular formula is C12HB8Br. The predicted molar refractivity (Wildman–Crippen MR) is 103 cm³/mol. The second-order valence-corrected chi connectivity index (χ2v) is 5.44. The van der Waals surface area contributed by atoms with Gasteiger partial charge in [-0.25, -0.2) is 0 Å². The maximum atomic E-state index is 6.01. The maximum absolute atomic E-state index is 6.01. The lowest BCUT2D eigenvalue weighted by molar-refractivity contribution is 1.76. The Balaban J connectivity index is 2.93. The van der Waals surface area contributed by atoms with Crippen molar-refractivity contribution >= 4 is 122 Å². The molecule has 0 aliphatic heterocycles. The van der Waals surface area contributed by atoms with E-state index in [2.05, 4.69) is 15.9 Å². The monoisotopic (exact) mass is 312 g/mol. The number of hydrogen-bond acceptors (Lipinski definition) is 0. The van der Waals surface area contributed by atoms with Crippen molar-refractivity contribution in [3.8, 4) is 11.1 Å². The molecule has 0 unspecified atom stereocenters. The Morgan fingerprint density at radius 2 is 0.905 bits per heavy atom. The fourth-order valence-corrected chi connectivity index (χ4v) is 2.49. The van der Waals surface area contributed by atoms with Gasteiger partial charge in [0.05, 0.1) is 0 Å². The first-order valence-corrected chi connectivity index (χ1v) is 6.62. The summed E-state index contributed by atoms with van der Waals surface area (Å²) >= 11 is 3.30. The lowest BCUT2D eigenvalue weighted by Crippen LogP contribution is -2.56. The topological polar surface area (TPSA) is 0 Å². The normalized spacial score (nSPS) is 10.7. The van der Waals surface area contributed by atoms with Gasteiger partial charge in [0.25, 0.3) is 0 Å². The van der Waals surface area contributed by atoms with Gasteiger partial charge < -0.3 is 0 Å². The third-order valence-electron chi connectivity index (χ3n) is 3.37. The molecule has 80 valence electrons. The molecule has 21 heavy (non-hydrogen) atoms. The third-order valence-corrected chi connectivity index (χ3v) is 4.02. The third kappa shape index (κ3) is 2.63. The van der Waals surface area contributed by atoms with E-state index < -0.39 is 0 Å². The highest BCUT2D eigenvalue weighted by Gasteiger charge is 2.15. The summed E-state index contributed by atoms with van der Waals surface area (Å²) in [6.45, 7) is 0. The highest BCUT2D eigenvalue weighted by molar-refractivity contribution is 9.10. The molecule has 9 heteroatoms. The average molecular weight is 312 g/mol. The minimum Gasteiger partial charge on any atom is -0.112 e. The first kappa shape index (κ1) is 16.8. The SMILES string of the molecule is [B]c1c(Br)cc(-c2c([B])c([B])c([B])c([B])c2[B])c([B])c1[B]. The zero-order chi connectivity index (χ0) is 16.1. The van der Waals surface area contributed by atoms with Gasteiger partial charge in [0, 0.05) is 4.47 Å². The molecule has 0 aliphatic carbocycles. The first-order valence-electron chi connectivity index (χ1n) is 5.83. The van der Waals surface area contributed by atoms with Gasteiger partial charge in [-0.2, -0.15) is 0 Å². The van der Waals surface area contributed by atoms with Crippen molar-refractivity contribution in [3.63, 3.8) is 0 Å². The summed E-state index contributed by atoms with van der Waals surface area (Å²) < 4.78 is 0.553. The van der Waals surface area contributed by atoms with E-state index in [0.717, 1.165) is 0 Å². The Bertz CT molecular complexity index is 727. The van der Waals surface area contributed by atoms with Gasteiger partial charge in [-0.05, 0) is 17.2 Å². The van der Waals surface area contributed by atoms with Crippen LogP contribution in [0.4, 0.5) is 0 Å². The fraction of sp³-hybridized carbons (Fsp3) is 0. The minimum absolute atomic E-state index is 0.134. The molecule has 0 bridgehead atoms. The molecule has 0 spiro atoms. The number of benzene rings is 2. The summed E-state index contributed by atoms with van der Waals surface area (Å²) in [7, 11) is 47.2. The summed E-state index contributed by atoms with van der Waals surface area (Å²) in [6, 6.07) is 1.65. The lowest BCUT2D eigenvalue weighted by Gasteiger charge is -2.24. The standard InChI is InChI=1S/C12HB8Br/c13-5-2(1-3(21)6(14)9(5)17)4-7(15)10(18)12(20)11(19)8(4)16/h1H. The van der Waals surface area contributed by atoms with Crippen LogP contribution in [0.5, 0.6) is 0 Å². The van der Waals surface area contributed by atoms with Gasteiger partial charge in [-0.1, -0.05) is 37.8 Å². The highest BCUT2D eigenvalue weighted by Crippen LogP contribution is 2.14. The molecule has 0 N–H and O–H groups in total. The highest BCUT2D eigenvalue weighted by atomic mass is 79.9. The van der Waals surface area contributed by atoms with Crippen LogP contribution in [0.15, 0.2) is 10.5 Å². The summed E-state index contributed by atoms with van der Waals surface area (Å²) in [5.41, 5.74) is 2.41. The maximum Gasteiger partial charge on any atom is 0.114 e. The summed E-state index contributed by atoms with van der Waals surface area (Å²) in [5, 5.41) is 0. The molecule has 0 nitrogen and oxygen atoms in total. The Kier molecular flexibility index (Phi) is 4.73. The van der Waals surface area contributed by atoms with Crippen LogP contribution < -0.4 is 43.7 Å². The molecular weight excluding hydrogens is 311 g/mol. The van der Waals surface area contributed by atoms with Crippen molar-refractivity contribution in [3.05, 3.63) is 10.5 Å². The second kappa shape index (κ2) is 5.91. The van der Waals surface area contributed by atoms with Crippen molar-refractivity contribution in [1.29, 1.82) is 0 Å². The smallest absolute Gasteiger partial charge is 0.112 e. The summed E-state index contributed by atoms with van der Waals surface area (Å²) in [4.78, 5) is 0. The molecule has 2 aromatic carbocycles. The Morgan fingerprint density at radius 1 is 0.524 bits per heavy atom.